The summed E-state index contributed by atoms with van der Waals surface area (Å²) in [5, 5.41) is 9.73. The van der Waals surface area contributed by atoms with Crippen LogP contribution in [0.2, 0.25) is 5.28 Å². The highest BCUT2D eigenvalue weighted by atomic mass is 35.5. The number of likely N-dealkylation sites (N-methyl/N-ethyl adjacent to an activating group) is 1. The molecular weight excluding hydrogens is 230 g/mol. The molecule has 1 N–H and O–H groups in total. The van der Waals surface area contributed by atoms with Crippen molar-refractivity contribution in [3.63, 3.8) is 0 Å². The molecule has 0 bridgehead atoms. The van der Waals surface area contributed by atoms with Gasteiger partial charge in [-0.15, -0.1) is 0 Å². The van der Waals surface area contributed by atoms with Gasteiger partial charge in [-0.05, 0) is 17.7 Å². The molecular formula is C8H8BClN4O2. The van der Waals surface area contributed by atoms with Crippen molar-refractivity contribution in [2.75, 3.05) is 18.5 Å². The van der Waals surface area contributed by atoms with Crippen molar-refractivity contribution in [2.45, 2.75) is 5.62 Å². The van der Waals surface area contributed by atoms with Crippen molar-refractivity contribution in [2.24, 2.45) is 0 Å². The van der Waals surface area contributed by atoms with Gasteiger partial charge >= 0.3 is 6.03 Å². The Balaban J connectivity index is 2.34. The number of hydrogen-bond donors (Lipinski definition) is 1. The molecule has 1 fully saturated rings. The number of aromatic nitrogens is 2. The highest BCUT2D eigenvalue weighted by molar-refractivity contribution is 6.28. The van der Waals surface area contributed by atoms with E-state index in [0.717, 1.165) is 4.90 Å². The van der Waals surface area contributed by atoms with Gasteiger partial charge in [0.25, 0.3) is 0 Å². The maximum atomic E-state index is 11.7. The summed E-state index contributed by atoms with van der Waals surface area (Å²) in [6.07, 6.45) is 1.42. The van der Waals surface area contributed by atoms with Gasteiger partial charge in [-0.2, -0.15) is 0 Å². The monoisotopic (exact) mass is 238 g/mol. The normalized spacial score (nSPS) is 25.3. The molecule has 1 saturated heterocycles. The van der Waals surface area contributed by atoms with E-state index >= 15 is 0 Å². The quantitative estimate of drug-likeness (QED) is 0.544. The lowest BCUT2D eigenvalue weighted by atomic mass is 9.91. The van der Waals surface area contributed by atoms with Crippen molar-refractivity contribution < 1.29 is 9.90 Å². The highest BCUT2D eigenvalue weighted by Gasteiger charge is 2.43. The molecule has 2 rings (SSSR count). The maximum Gasteiger partial charge on any atom is 0.327 e. The molecule has 0 spiro atoms. The minimum absolute atomic E-state index is 0.0282. The number of carbonyl (C=O) groups is 1. The fourth-order valence-corrected chi connectivity index (χ4v) is 1.55. The van der Waals surface area contributed by atoms with E-state index in [4.69, 9.17) is 19.4 Å². The molecule has 1 aliphatic heterocycles. The number of rotatable bonds is 1. The van der Waals surface area contributed by atoms with Crippen LogP contribution in [-0.2, 0) is 0 Å². The van der Waals surface area contributed by atoms with E-state index in [9.17, 15) is 9.90 Å². The Morgan fingerprint density at radius 2 is 2.38 bits per heavy atom. The van der Waals surface area contributed by atoms with Crippen LogP contribution >= 0.6 is 11.6 Å². The van der Waals surface area contributed by atoms with Crippen LogP contribution in [0.5, 0.6) is 0 Å². The summed E-state index contributed by atoms with van der Waals surface area (Å²) in [6.45, 7) is -0.0737. The molecule has 2 amide bonds. The zero-order valence-corrected chi connectivity index (χ0v) is 9.22. The molecule has 1 aromatic heterocycles. The van der Waals surface area contributed by atoms with Gasteiger partial charge < -0.3 is 10.0 Å². The van der Waals surface area contributed by atoms with Crippen molar-refractivity contribution in [3.8, 4) is 0 Å². The second-order valence-electron chi connectivity index (χ2n) is 3.49. The average molecular weight is 238 g/mol. The molecule has 2 radical (unpaired) electrons. The molecule has 0 aliphatic carbocycles. The molecule has 1 atom stereocenters. The van der Waals surface area contributed by atoms with Gasteiger partial charge in [0.1, 0.15) is 19.3 Å². The van der Waals surface area contributed by atoms with Crippen molar-refractivity contribution >= 4 is 31.3 Å². The fourth-order valence-electron chi connectivity index (χ4n) is 1.41. The van der Waals surface area contributed by atoms with Crippen LogP contribution in [0.4, 0.5) is 10.6 Å². The van der Waals surface area contributed by atoms with E-state index in [2.05, 4.69) is 9.97 Å². The van der Waals surface area contributed by atoms with Gasteiger partial charge in [-0.3, -0.25) is 4.90 Å². The molecule has 8 heteroatoms. The van der Waals surface area contributed by atoms with Gasteiger partial charge in [0.2, 0.25) is 5.28 Å². The van der Waals surface area contributed by atoms with Crippen molar-refractivity contribution in [3.05, 3.63) is 17.5 Å². The summed E-state index contributed by atoms with van der Waals surface area (Å²) in [5.41, 5.74) is -1.70. The first-order chi connectivity index (χ1) is 7.42. The van der Waals surface area contributed by atoms with Gasteiger partial charge in [0.05, 0.1) is 6.54 Å². The van der Waals surface area contributed by atoms with E-state index in [-0.39, 0.29) is 11.8 Å². The Kier molecular flexibility index (Phi) is 2.51. The maximum absolute atomic E-state index is 11.7. The minimum atomic E-state index is -1.70. The molecule has 1 aromatic rings. The summed E-state index contributed by atoms with van der Waals surface area (Å²) in [5.74, 6) is 0.304. The van der Waals surface area contributed by atoms with Crippen LogP contribution in [0.1, 0.15) is 0 Å². The molecule has 0 aromatic carbocycles. The topological polar surface area (TPSA) is 69.6 Å². The number of anilines is 1. The predicted molar refractivity (Wildman–Crippen MR) is 58.3 cm³/mol. The van der Waals surface area contributed by atoms with Crippen molar-refractivity contribution in [1.29, 1.82) is 0 Å². The summed E-state index contributed by atoms with van der Waals surface area (Å²) in [4.78, 5) is 21.6. The van der Waals surface area contributed by atoms with Crippen LogP contribution in [0.15, 0.2) is 12.3 Å². The summed E-state index contributed by atoms with van der Waals surface area (Å²) in [6, 6.07) is 1.07. The Morgan fingerprint density at radius 3 is 2.88 bits per heavy atom. The number of β-amino-alcohol motifs (C(OH)–C–C–N with tert-alkyl or cyclic N) is 1. The zero-order chi connectivity index (χ0) is 11.9. The smallest absolute Gasteiger partial charge is 0.327 e. The van der Waals surface area contributed by atoms with Gasteiger partial charge in [0, 0.05) is 13.2 Å². The second kappa shape index (κ2) is 3.60. The first-order valence-corrected chi connectivity index (χ1v) is 4.85. The van der Waals surface area contributed by atoms with Crippen LogP contribution in [-0.4, -0.2) is 53.1 Å². The largest absolute Gasteiger partial charge is 0.378 e. The van der Waals surface area contributed by atoms with Gasteiger partial charge in [-0.25, -0.2) is 14.8 Å². The fraction of sp³-hybridized carbons (Fsp3) is 0.375. The van der Waals surface area contributed by atoms with E-state index in [1.165, 1.54) is 24.2 Å². The van der Waals surface area contributed by atoms with Crippen LogP contribution < -0.4 is 4.90 Å². The lowest BCUT2D eigenvalue weighted by Gasteiger charge is -2.23. The number of nitrogens with zero attached hydrogens (tertiary/aromatic N) is 4. The Labute approximate surface area is 98.3 Å². The summed E-state index contributed by atoms with van der Waals surface area (Å²) < 4.78 is 0. The third-order valence-electron chi connectivity index (χ3n) is 2.38. The number of halogens is 1. The van der Waals surface area contributed by atoms with E-state index in [1.807, 2.05) is 0 Å². The van der Waals surface area contributed by atoms with Gasteiger partial charge in [-0.1, -0.05) is 0 Å². The number of hydrogen-bond acceptors (Lipinski definition) is 4. The molecule has 6 nitrogen and oxygen atoms in total. The van der Waals surface area contributed by atoms with Gasteiger partial charge in [0.15, 0.2) is 0 Å². The zero-order valence-electron chi connectivity index (χ0n) is 8.46. The van der Waals surface area contributed by atoms with Crippen LogP contribution in [0, 0.1) is 0 Å². The third kappa shape index (κ3) is 1.72. The number of carbonyl (C=O) groups excluding carboxylic acids is 1. The summed E-state index contributed by atoms with van der Waals surface area (Å²) >= 11 is 5.61. The highest BCUT2D eigenvalue weighted by Crippen LogP contribution is 2.24. The lowest BCUT2D eigenvalue weighted by Crippen LogP contribution is -2.45. The Bertz CT molecular complexity index is 442. The Morgan fingerprint density at radius 1 is 1.69 bits per heavy atom. The van der Waals surface area contributed by atoms with Crippen LogP contribution in [0.25, 0.3) is 0 Å². The van der Waals surface area contributed by atoms with E-state index in [0.29, 0.717) is 5.82 Å². The predicted octanol–water partition coefficient (Wildman–Crippen LogP) is -0.184. The SMILES string of the molecule is [B]C1(O)CN(c2ccnc(Cl)n2)C(=O)N1C. The van der Waals surface area contributed by atoms with E-state index in [1.54, 1.807) is 0 Å². The second-order valence-corrected chi connectivity index (χ2v) is 3.83. The molecule has 2 heterocycles. The first kappa shape index (κ1) is 11.2. The third-order valence-corrected chi connectivity index (χ3v) is 2.56. The first-order valence-electron chi connectivity index (χ1n) is 4.47. The Hall–Kier alpha value is -1.34. The molecule has 16 heavy (non-hydrogen) atoms. The summed E-state index contributed by atoms with van der Waals surface area (Å²) in [7, 11) is 6.93. The molecule has 1 unspecified atom stereocenters. The van der Waals surface area contributed by atoms with E-state index < -0.39 is 11.7 Å². The van der Waals surface area contributed by atoms with Crippen molar-refractivity contribution in [1.82, 2.24) is 14.9 Å². The minimum Gasteiger partial charge on any atom is -0.378 e. The average Bonchev–Trinajstić information content (AvgIpc) is 2.42. The molecule has 0 saturated carbocycles. The standard InChI is InChI=1S/C8H8BClN4O2/c1-13-7(15)14(4-8(13,9)16)5-2-3-11-6(10)12-5/h2-3,16H,4H2,1H3. The number of amides is 2. The number of urea groups is 1. The number of aliphatic hydroxyl groups is 1. The molecule has 1 aliphatic rings. The van der Waals surface area contributed by atoms with Crippen LogP contribution in [0.3, 0.4) is 0 Å². The lowest BCUT2D eigenvalue weighted by molar-refractivity contribution is 0.0391. The molecule has 82 valence electrons.